The van der Waals surface area contributed by atoms with E-state index in [1.165, 1.54) is 11.1 Å². The number of esters is 2. The van der Waals surface area contributed by atoms with E-state index in [1.54, 1.807) is 0 Å². The Balaban J connectivity index is 1.90. The van der Waals surface area contributed by atoms with Crippen LogP contribution >= 0.6 is 0 Å². The fraction of sp³-hybridized carbons (Fsp3) is 0.333. The van der Waals surface area contributed by atoms with Crippen LogP contribution in [-0.2, 0) is 22.3 Å². The quantitative estimate of drug-likeness (QED) is 0.0903. The van der Waals surface area contributed by atoms with E-state index in [-0.39, 0.29) is 11.5 Å². The molecule has 0 heterocycles. The highest BCUT2D eigenvalue weighted by molar-refractivity contribution is 6.02. The van der Waals surface area contributed by atoms with E-state index < -0.39 is 11.9 Å². The monoisotopic (exact) mass is 616 g/mol. The molecule has 0 saturated carbocycles. The Bertz CT molecular complexity index is 1550. The van der Waals surface area contributed by atoms with Crippen molar-refractivity contribution in [2.45, 2.75) is 93.9 Å². The van der Waals surface area contributed by atoms with Crippen LogP contribution in [0.5, 0.6) is 0 Å². The molecule has 240 valence electrons. The summed E-state index contributed by atoms with van der Waals surface area (Å²) in [6.07, 6.45) is 6.32. The second-order valence-corrected chi connectivity index (χ2v) is 12.6. The Labute approximate surface area is 275 Å². The van der Waals surface area contributed by atoms with Crippen molar-refractivity contribution >= 4 is 23.5 Å². The van der Waals surface area contributed by atoms with E-state index in [2.05, 4.69) is 38.1 Å². The minimum absolute atomic E-state index is 0.234. The molecule has 4 heteroatoms. The molecular weight excluding hydrogens is 568 g/mol. The van der Waals surface area contributed by atoms with Gasteiger partial charge in [-0.1, -0.05) is 86.3 Å². The summed E-state index contributed by atoms with van der Waals surface area (Å²) in [7, 11) is 0. The Morgan fingerprint density at radius 3 is 1.09 bits per heavy atom. The number of aryl methyl sites for hydroxylation is 8. The summed E-state index contributed by atoms with van der Waals surface area (Å²) >= 11 is 0. The van der Waals surface area contributed by atoms with Crippen molar-refractivity contribution in [3.63, 3.8) is 0 Å². The topological polar surface area (TPSA) is 52.6 Å². The molecule has 46 heavy (non-hydrogen) atoms. The number of hydrogen-bond donors (Lipinski definition) is 0. The van der Waals surface area contributed by atoms with Gasteiger partial charge in [-0.2, -0.15) is 0 Å². The summed E-state index contributed by atoms with van der Waals surface area (Å²) in [6, 6.07) is 23.4. The van der Waals surface area contributed by atoms with Gasteiger partial charge in [-0.3, -0.25) is 0 Å². The average molecular weight is 617 g/mol. The Kier molecular flexibility index (Phi) is 11.8. The van der Waals surface area contributed by atoms with Gasteiger partial charge in [0.05, 0.1) is 11.1 Å². The van der Waals surface area contributed by atoms with Crippen LogP contribution in [0.15, 0.2) is 72.8 Å². The van der Waals surface area contributed by atoms with Gasteiger partial charge >= 0.3 is 11.9 Å². The largest absolute Gasteiger partial charge is 0.418 e. The average Bonchev–Trinajstić information content (AvgIpc) is 3.01. The number of rotatable bonds is 12. The number of carbonyl (C=O) groups excluding carboxylic acids is 2. The van der Waals surface area contributed by atoms with Gasteiger partial charge in [0, 0.05) is 11.1 Å². The van der Waals surface area contributed by atoms with Gasteiger partial charge in [-0.05, 0) is 125 Å². The van der Waals surface area contributed by atoms with Gasteiger partial charge in [0.15, 0.2) is 11.5 Å². The van der Waals surface area contributed by atoms with Crippen molar-refractivity contribution in [2.24, 2.45) is 0 Å². The van der Waals surface area contributed by atoms with Crippen LogP contribution in [0, 0.1) is 41.5 Å². The maximum Gasteiger partial charge on any atom is 0.343 e. The molecule has 0 spiro atoms. The molecule has 0 saturated heterocycles. The van der Waals surface area contributed by atoms with E-state index in [1.807, 2.05) is 90.1 Å². The third-order valence-corrected chi connectivity index (χ3v) is 8.42. The van der Waals surface area contributed by atoms with Gasteiger partial charge in [0.2, 0.25) is 0 Å². The van der Waals surface area contributed by atoms with E-state index in [9.17, 15) is 9.59 Å². The lowest BCUT2D eigenvalue weighted by molar-refractivity contribution is 0.0646. The molecule has 0 aliphatic heterocycles. The summed E-state index contributed by atoms with van der Waals surface area (Å²) in [5, 5.41) is 0. The van der Waals surface area contributed by atoms with Gasteiger partial charge in [-0.15, -0.1) is 0 Å². The second kappa shape index (κ2) is 15.7. The van der Waals surface area contributed by atoms with Crippen molar-refractivity contribution in [3.8, 4) is 0 Å². The van der Waals surface area contributed by atoms with Gasteiger partial charge in [0.25, 0.3) is 0 Å². The number of carbonyl (C=O) groups is 2. The predicted molar refractivity (Wildman–Crippen MR) is 189 cm³/mol. The number of benzene rings is 4. The molecule has 4 aromatic rings. The number of ether oxygens (including phenoxy) is 2. The molecule has 0 unspecified atom stereocenters. The lowest BCUT2D eigenvalue weighted by atomic mass is 9.93. The maximum atomic E-state index is 13.9. The van der Waals surface area contributed by atoms with E-state index in [4.69, 9.17) is 9.47 Å². The molecule has 0 aromatic heterocycles. The van der Waals surface area contributed by atoms with Crippen molar-refractivity contribution in [1.82, 2.24) is 0 Å². The third kappa shape index (κ3) is 8.42. The molecule has 0 amide bonds. The predicted octanol–water partition coefficient (Wildman–Crippen LogP) is 10.8. The smallest absolute Gasteiger partial charge is 0.343 e. The van der Waals surface area contributed by atoms with Crippen LogP contribution in [0.3, 0.4) is 0 Å². The molecule has 0 fully saturated rings. The van der Waals surface area contributed by atoms with Crippen LogP contribution in [0.25, 0.3) is 11.5 Å². The SMILES string of the molecule is CCCCc1ccc(C(=O)O/C(=C(/OC(=O)c2ccc(CCCC)cc2)c2c(C)cc(C)cc2C)c2c(C)cc(C)cc2C)cc1. The fourth-order valence-electron chi connectivity index (χ4n) is 6.18. The standard InChI is InChI=1S/C42H48O4/c1-9-11-13-33-15-19-35(20-16-33)41(43)45-39(37-29(5)23-27(3)24-30(37)6)40(38-31(7)25-28(4)26-32(38)8)46-42(44)36-21-17-34(18-22-36)14-12-10-2/h15-26H,9-14H2,1-8H3/b40-39+. The molecule has 0 bridgehead atoms. The molecule has 0 aliphatic rings. The van der Waals surface area contributed by atoms with E-state index in [0.717, 1.165) is 83.0 Å². The number of unbranched alkanes of at least 4 members (excludes halogenated alkanes) is 2. The minimum Gasteiger partial charge on any atom is -0.418 e. The zero-order valence-corrected chi connectivity index (χ0v) is 28.8. The summed E-state index contributed by atoms with van der Waals surface area (Å²) in [5.41, 5.74) is 10.6. The normalized spacial score (nSPS) is 11.7. The second-order valence-electron chi connectivity index (χ2n) is 12.6. The molecule has 0 N–H and O–H groups in total. The first-order valence-electron chi connectivity index (χ1n) is 16.5. The lowest BCUT2D eigenvalue weighted by Crippen LogP contribution is -2.14. The van der Waals surface area contributed by atoms with Crippen LogP contribution < -0.4 is 0 Å². The molecule has 4 rings (SSSR count). The van der Waals surface area contributed by atoms with Crippen molar-refractivity contribution in [2.75, 3.05) is 0 Å². The summed E-state index contributed by atoms with van der Waals surface area (Å²) in [4.78, 5) is 27.8. The summed E-state index contributed by atoms with van der Waals surface area (Å²) in [6.45, 7) is 16.4. The van der Waals surface area contributed by atoms with Crippen molar-refractivity contribution in [1.29, 1.82) is 0 Å². The molecule has 0 aliphatic carbocycles. The number of hydrogen-bond acceptors (Lipinski definition) is 4. The molecular formula is C42H48O4. The summed E-state index contributed by atoms with van der Waals surface area (Å²) in [5.74, 6) is -0.545. The van der Waals surface area contributed by atoms with Gasteiger partial charge in [-0.25, -0.2) is 9.59 Å². The maximum absolute atomic E-state index is 13.9. The molecule has 0 radical (unpaired) electrons. The van der Waals surface area contributed by atoms with Gasteiger partial charge in [0.1, 0.15) is 0 Å². The van der Waals surface area contributed by atoms with Crippen LogP contribution in [0.4, 0.5) is 0 Å². The minimum atomic E-state index is -0.507. The molecule has 4 aromatic carbocycles. The Morgan fingerprint density at radius 1 is 0.500 bits per heavy atom. The highest BCUT2D eigenvalue weighted by Crippen LogP contribution is 2.37. The zero-order chi connectivity index (χ0) is 33.4. The lowest BCUT2D eigenvalue weighted by Gasteiger charge is -2.22. The first-order valence-corrected chi connectivity index (χ1v) is 16.5. The van der Waals surface area contributed by atoms with Gasteiger partial charge < -0.3 is 9.47 Å². The van der Waals surface area contributed by atoms with E-state index in [0.29, 0.717) is 11.1 Å². The first-order chi connectivity index (χ1) is 22.0. The third-order valence-electron chi connectivity index (χ3n) is 8.42. The van der Waals surface area contributed by atoms with Crippen LogP contribution in [0.2, 0.25) is 0 Å². The van der Waals surface area contributed by atoms with Crippen molar-refractivity contribution < 1.29 is 19.1 Å². The van der Waals surface area contributed by atoms with E-state index >= 15 is 0 Å². The summed E-state index contributed by atoms with van der Waals surface area (Å²) < 4.78 is 12.7. The molecule has 0 atom stereocenters. The highest BCUT2D eigenvalue weighted by atomic mass is 16.6. The first kappa shape index (κ1) is 34.4. The Hall–Kier alpha value is -4.44. The fourth-order valence-corrected chi connectivity index (χ4v) is 6.18. The highest BCUT2D eigenvalue weighted by Gasteiger charge is 2.27. The molecule has 4 nitrogen and oxygen atoms in total. The van der Waals surface area contributed by atoms with Crippen LogP contribution in [0.1, 0.15) is 116 Å². The van der Waals surface area contributed by atoms with Crippen molar-refractivity contribution in [3.05, 3.63) is 140 Å². The Morgan fingerprint density at radius 2 is 0.804 bits per heavy atom. The zero-order valence-electron chi connectivity index (χ0n) is 28.8. The van der Waals surface area contributed by atoms with Crippen LogP contribution in [-0.4, -0.2) is 11.9 Å².